The van der Waals surface area contributed by atoms with Crippen LogP contribution in [0.3, 0.4) is 0 Å². The summed E-state index contributed by atoms with van der Waals surface area (Å²) in [5.74, 6) is -2.61. The topological polar surface area (TPSA) is 86.7 Å². The van der Waals surface area contributed by atoms with Crippen molar-refractivity contribution in [2.24, 2.45) is 0 Å². The zero-order valence-corrected chi connectivity index (χ0v) is 12.8. The predicted octanol–water partition coefficient (Wildman–Crippen LogP) is 2.73. The van der Waals surface area contributed by atoms with Crippen LogP contribution in [0.15, 0.2) is 42.5 Å². The molecule has 24 heavy (non-hydrogen) atoms. The zero-order valence-electron chi connectivity index (χ0n) is 12.1. The van der Waals surface area contributed by atoms with Gasteiger partial charge in [-0.25, -0.2) is 14.4 Å². The number of fused-ring (bicyclic) bond motifs is 1. The maximum Gasteiger partial charge on any atom is 0.346 e. The molecule has 2 aromatic rings. The first kappa shape index (κ1) is 15.9. The Morgan fingerprint density at radius 3 is 2.12 bits per heavy atom. The fraction of sp³-hybridized carbons (Fsp3) is 0.0588. The molecule has 0 saturated heterocycles. The molecular weight excluding hydrogens is 336 g/mol. The van der Waals surface area contributed by atoms with E-state index in [1.807, 2.05) is 6.07 Å². The molecule has 0 aliphatic carbocycles. The summed E-state index contributed by atoms with van der Waals surface area (Å²) in [5, 5.41) is -0.948. The number of cyclic esters (lactones) is 2. The van der Waals surface area contributed by atoms with Gasteiger partial charge in [-0.1, -0.05) is 30.3 Å². The Hall–Kier alpha value is -2.99. The van der Waals surface area contributed by atoms with E-state index in [1.165, 1.54) is 0 Å². The smallest absolute Gasteiger partial charge is 0.346 e. The molecule has 1 heterocycles. The fourth-order valence-electron chi connectivity index (χ4n) is 2.26. The highest BCUT2D eigenvalue weighted by Gasteiger charge is 2.33. The summed E-state index contributed by atoms with van der Waals surface area (Å²) in [5.41, 5.74) is 0.119. The van der Waals surface area contributed by atoms with E-state index in [0.29, 0.717) is 0 Å². The van der Waals surface area contributed by atoms with Gasteiger partial charge < -0.3 is 9.47 Å². The minimum atomic E-state index is -0.948. The summed E-state index contributed by atoms with van der Waals surface area (Å²) < 4.78 is 9.59. The molecule has 0 aromatic heterocycles. The molecule has 3 rings (SSSR count). The Morgan fingerprint density at radius 2 is 1.54 bits per heavy atom. The van der Waals surface area contributed by atoms with Crippen LogP contribution in [-0.2, 0) is 16.1 Å². The Bertz CT molecular complexity index is 872. The van der Waals surface area contributed by atoms with Gasteiger partial charge in [0.15, 0.2) is 0 Å². The van der Waals surface area contributed by atoms with Crippen molar-refractivity contribution in [2.45, 2.75) is 6.61 Å². The standard InChI is InChI=1S/C17H9ClO6/c18-14(19)10-6-12-13(17(22)24-16(12)21)7-11(10)15(20)23-8-9-4-2-1-3-5-9/h1-7H,8H2. The molecular formula is C17H9ClO6. The van der Waals surface area contributed by atoms with E-state index in [-0.39, 0.29) is 28.9 Å². The van der Waals surface area contributed by atoms with Gasteiger partial charge in [0.05, 0.1) is 16.7 Å². The lowest BCUT2D eigenvalue weighted by Crippen LogP contribution is -2.12. The number of ether oxygens (including phenoxy) is 2. The minimum Gasteiger partial charge on any atom is -0.457 e. The van der Waals surface area contributed by atoms with Gasteiger partial charge in [0, 0.05) is 5.56 Å². The Balaban J connectivity index is 1.93. The van der Waals surface area contributed by atoms with Crippen LogP contribution in [0.5, 0.6) is 0 Å². The highest BCUT2D eigenvalue weighted by atomic mass is 35.5. The van der Waals surface area contributed by atoms with Crippen molar-refractivity contribution in [3.05, 3.63) is 70.3 Å². The highest BCUT2D eigenvalue weighted by molar-refractivity contribution is 6.68. The normalized spacial score (nSPS) is 12.5. The molecule has 0 fully saturated rings. The third-order valence-corrected chi connectivity index (χ3v) is 3.63. The molecule has 0 radical (unpaired) electrons. The highest BCUT2D eigenvalue weighted by Crippen LogP contribution is 2.26. The lowest BCUT2D eigenvalue weighted by molar-refractivity contribution is 0.0441. The van der Waals surface area contributed by atoms with Crippen LogP contribution in [0.1, 0.15) is 47.0 Å². The molecule has 0 spiro atoms. The molecule has 0 atom stereocenters. The summed E-state index contributed by atoms with van der Waals surface area (Å²) in [6.45, 7) is -0.0178. The Kier molecular flexibility index (Phi) is 4.14. The van der Waals surface area contributed by atoms with Gasteiger partial charge in [0.1, 0.15) is 6.61 Å². The van der Waals surface area contributed by atoms with Crippen LogP contribution in [0.4, 0.5) is 0 Å². The minimum absolute atomic E-state index is 0.0178. The van der Waals surface area contributed by atoms with E-state index in [9.17, 15) is 19.2 Å². The molecule has 1 aliphatic heterocycles. The maximum atomic E-state index is 12.3. The fourth-order valence-corrected chi connectivity index (χ4v) is 2.42. The second-order valence-electron chi connectivity index (χ2n) is 4.96. The second-order valence-corrected chi connectivity index (χ2v) is 5.30. The van der Waals surface area contributed by atoms with Gasteiger partial charge in [-0.05, 0) is 29.3 Å². The molecule has 1 aliphatic rings. The molecule has 2 aromatic carbocycles. The average molecular weight is 345 g/mol. The van der Waals surface area contributed by atoms with E-state index in [1.54, 1.807) is 24.3 Å². The van der Waals surface area contributed by atoms with Crippen molar-refractivity contribution in [1.82, 2.24) is 0 Å². The van der Waals surface area contributed by atoms with Gasteiger partial charge >= 0.3 is 17.9 Å². The van der Waals surface area contributed by atoms with Gasteiger partial charge in [0.2, 0.25) is 0 Å². The lowest BCUT2D eigenvalue weighted by Gasteiger charge is -2.08. The van der Waals surface area contributed by atoms with Crippen LogP contribution >= 0.6 is 11.6 Å². The van der Waals surface area contributed by atoms with Gasteiger partial charge in [-0.15, -0.1) is 0 Å². The molecule has 0 unspecified atom stereocenters. The monoisotopic (exact) mass is 344 g/mol. The average Bonchev–Trinajstić information content (AvgIpc) is 2.86. The predicted molar refractivity (Wildman–Crippen MR) is 81.9 cm³/mol. The number of carbonyl (C=O) groups is 4. The first-order valence-electron chi connectivity index (χ1n) is 6.83. The molecule has 0 N–H and O–H groups in total. The third-order valence-electron chi connectivity index (χ3n) is 3.43. The van der Waals surface area contributed by atoms with Crippen molar-refractivity contribution in [1.29, 1.82) is 0 Å². The molecule has 0 saturated carbocycles. The van der Waals surface area contributed by atoms with Crippen molar-refractivity contribution in [3.8, 4) is 0 Å². The molecule has 0 amide bonds. The largest absolute Gasteiger partial charge is 0.457 e. The summed E-state index contributed by atoms with van der Waals surface area (Å²) >= 11 is 5.47. The molecule has 7 heteroatoms. The van der Waals surface area contributed by atoms with Gasteiger partial charge in [-0.3, -0.25) is 4.79 Å². The van der Waals surface area contributed by atoms with Gasteiger partial charge in [-0.2, -0.15) is 0 Å². The van der Waals surface area contributed by atoms with Crippen molar-refractivity contribution in [2.75, 3.05) is 0 Å². The molecule has 6 nitrogen and oxygen atoms in total. The summed E-state index contributed by atoms with van der Waals surface area (Å²) in [4.78, 5) is 46.9. The zero-order chi connectivity index (χ0) is 17.3. The van der Waals surface area contributed by atoms with Crippen molar-refractivity contribution >= 4 is 34.8 Å². The second kappa shape index (κ2) is 6.25. The van der Waals surface area contributed by atoms with Crippen LogP contribution in [0.25, 0.3) is 0 Å². The number of rotatable bonds is 4. The third kappa shape index (κ3) is 2.91. The maximum absolute atomic E-state index is 12.3. The van der Waals surface area contributed by atoms with E-state index in [4.69, 9.17) is 16.3 Å². The van der Waals surface area contributed by atoms with E-state index >= 15 is 0 Å². The van der Waals surface area contributed by atoms with E-state index < -0.39 is 23.2 Å². The summed E-state index contributed by atoms with van der Waals surface area (Å²) in [7, 11) is 0. The Labute approximate surface area is 140 Å². The number of benzene rings is 2. The number of halogens is 1. The lowest BCUT2D eigenvalue weighted by atomic mass is 10.00. The summed E-state index contributed by atoms with van der Waals surface area (Å²) in [6, 6.07) is 11.1. The SMILES string of the molecule is O=C(Cl)c1cc2c(cc1C(=O)OCc1ccccc1)C(=O)OC2=O. The molecule has 120 valence electrons. The van der Waals surface area contributed by atoms with E-state index in [0.717, 1.165) is 17.7 Å². The quantitative estimate of drug-likeness (QED) is 0.481. The number of hydrogen-bond acceptors (Lipinski definition) is 6. The van der Waals surface area contributed by atoms with Crippen molar-refractivity contribution in [3.63, 3.8) is 0 Å². The summed E-state index contributed by atoms with van der Waals surface area (Å²) in [6.07, 6.45) is 0. The molecule has 0 bridgehead atoms. The van der Waals surface area contributed by atoms with Gasteiger partial charge in [0.25, 0.3) is 5.24 Å². The first-order valence-corrected chi connectivity index (χ1v) is 7.20. The first-order chi connectivity index (χ1) is 11.5. The number of carbonyl (C=O) groups excluding carboxylic acids is 4. The van der Waals surface area contributed by atoms with E-state index in [2.05, 4.69) is 4.74 Å². The van der Waals surface area contributed by atoms with Crippen LogP contribution in [0.2, 0.25) is 0 Å². The van der Waals surface area contributed by atoms with Crippen LogP contribution in [0, 0.1) is 0 Å². The van der Waals surface area contributed by atoms with Crippen molar-refractivity contribution < 1.29 is 28.7 Å². The number of esters is 3. The van der Waals surface area contributed by atoms with Crippen LogP contribution in [-0.4, -0.2) is 23.2 Å². The number of hydrogen-bond donors (Lipinski definition) is 0. The van der Waals surface area contributed by atoms with Crippen LogP contribution < -0.4 is 0 Å². The Morgan fingerprint density at radius 1 is 0.958 bits per heavy atom.